The summed E-state index contributed by atoms with van der Waals surface area (Å²) in [6, 6.07) is 0.608. The molecule has 1 aromatic rings. The first-order valence-electron chi connectivity index (χ1n) is 5.20. The molecule has 5 heteroatoms. The van der Waals surface area contributed by atoms with Crippen LogP contribution in [-0.4, -0.2) is 29.0 Å². The molecule has 0 aliphatic carbocycles. The highest BCUT2D eigenvalue weighted by atomic mass is 16.5. The summed E-state index contributed by atoms with van der Waals surface area (Å²) in [6.07, 6.45) is 0. The molecule has 0 bridgehead atoms. The maximum atomic E-state index is 5.31. The second-order valence-electron chi connectivity index (χ2n) is 3.52. The Morgan fingerprint density at radius 3 is 2.80 bits per heavy atom. The summed E-state index contributed by atoms with van der Waals surface area (Å²) in [5.74, 6) is 0. The van der Waals surface area contributed by atoms with Gasteiger partial charge in [0.25, 0.3) is 6.02 Å². The van der Waals surface area contributed by atoms with Gasteiger partial charge < -0.3 is 10.1 Å². The first kappa shape index (κ1) is 10.0. The third-order valence-electron chi connectivity index (χ3n) is 2.50. The quantitative estimate of drug-likeness (QED) is 0.797. The van der Waals surface area contributed by atoms with E-state index in [2.05, 4.69) is 22.3 Å². The van der Waals surface area contributed by atoms with E-state index in [1.807, 2.05) is 18.5 Å². The van der Waals surface area contributed by atoms with Gasteiger partial charge in [0.2, 0.25) is 0 Å². The summed E-state index contributed by atoms with van der Waals surface area (Å²) >= 11 is 0. The van der Waals surface area contributed by atoms with Crippen molar-refractivity contribution in [1.29, 1.82) is 0 Å². The van der Waals surface area contributed by atoms with Crippen molar-refractivity contribution in [3.63, 3.8) is 0 Å². The molecule has 0 atom stereocenters. The van der Waals surface area contributed by atoms with Gasteiger partial charge in [-0.1, -0.05) is 0 Å². The van der Waals surface area contributed by atoms with Gasteiger partial charge in [-0.25, -0.2) is 4.99 Å². The van der Waals surface area contributed by atoms with Gasteiger partial charge in [0.15, 0.2) is 0 Å². The first-order valence-corrected chi connectivity index (χ1v) is 5.20. The van der Waals surface area contributed by atoms with E-state index in [0.29, 0.717) is 12.6 Å². The average Bonchev–Trinajstić information content (AvgIpc) is 2.81. The maximum Gasteiger partial charge on any atom is 0.289 e. The van der Waals surface area contributed by atoms with E-state index in [-0.39, 0.29) is 0 Å². The monoisotopic (exact) mass is 208 g/mol. The van der Waals surface area contributed by atoms with Crippen LogP contribution in [-0.2, 0) is 11.3 Å². The van der Waals surface area contributed by atoms with Crippen molar-refractivity contribution < 1.29 is 4.74 Å². The Hall–Kier alpha value is -1.52. The lowest BCUT2D eigenvalue weighted by Gasteiger charge is -2.06. The zero-order valence-electron chi connectivity index (χ0n) is 9.37. The van der Waals surface area contributed by atoms with Crippen LogP contribution in [0, 0.1) is 13.8 Å². The molecule has 0 saturated carbocycles. The van der Waals surface area contributed by atoms with Crippen LogP contribution in [0.1, 0.15) is 18.3 Å². The Morgan fingerprint density at radius 2 is 2.27 bits per heavy atom. The second-order valence-corrected chi connectivity index (χ2v) is 3.52. The number of amidine groups is 1. The normalized spacial score (nSPS) is 15.0. The summed E-state index contributed by atoms with van der Waals surface area (Å²) < 4.78 is 7.28. The number of aliphatic imine (C=N–C) groups is 1. The molecule has 0 fully saturated rings. The van der Waals surface area contributed by atoms with Gasteiger partial charge in [-0.05, 0) is 20.8 Å². The minimum absolute atomic E-state index is 0.608. The fourth-order valence-electron chi connectivity index (χ4n) is 1.70. The molecule has 0 saturated heterocycles. The Kier molecular flexibility index (Phi) is 2.62. The number of nitrogens with zero attached hydrogens (tertiary/aromatic N) is 3. The van der Waals surface area contributed by atoms with E-state index >= 15 is 0 Å². The van der Waals surface area contributed by atoms with Gasteiger partial charge in [0.1, 0.15) is 6.61 Å². The van der Waals surface area contributed by atoms with Gasteiger partial charge in [-0.15, -0.1) is 0 Å². The number of aromatic nitrogens is 2. The molecule has 2 rings (SSSR count). The first-order chi connectivity index (χ1) is 7.22. The predicted molar refractivity (Wildman–Crippen MR) is 59.3 cm³/mol. The van der Waals surface area contributed by atoms with E-state index in [1.54, 1.807) is 0 Å². The molecule has 0 unspecified atom stereocenters. The van der Waals surface area contributed by atoms with Crippen LogP contribution in [0.5, 0.6) is 0 Å². The Labute approximate surface area is 89.1 Å². The van der Waals surface area contributed by atoms with Crippen LogP contribution in [0.4, 0.5) is 5.69 Å². The van der Waals surface area contributed by atoms with Gasteiger partial charge >= 0.3 is 0 Å². The summed E-state index contributed by atoms with van der Waals surface area (Å²) in [6.45, 7) is 8.39. The average molecular weight is 208 g/mol. The summed E-state index contributed by atoms with van der Waals surface area (Å²) in [4.78, 5) is 4.19. The molecule has 2 heterocycles. The zero-order valence-corrected chi connectivity index (χ0v) is 9.37. The second kappa shape index (κ2) is 3.92. The SMILES string of the molecule is CCn1nc(C)c(NC2=NCCO2)c1C. The van der Waals surface area contributed by atoms with Crippen molar-refractivity contribution in [2.24, 2.45) is 4.99 Å². The van der Waals surface area contributed by atoms with Crippen molar-refractivity contribution in [3.8, 4) is 0 Å². The van der Waals surface area contributed by atoms with E-state index in [4.69, 9.17) is 4.74 Å². The largest absolute Gasteiger partial charge is 0.463 e. The number of anilines is 1. The molecule has 1 aliphatic rings. The lowest BCUT2D eigenvalue weighted by atomic mass is 10.3. The summed E-state index contributed by atoms with van der Waals surface area (Å²) in [7, 11) is 0. The highest BCUT2D eigenvalue weighted by Crippen LogP contribution is 2.19. The molecule has 5 nitrogen and oxygen atoms in total. The lowest BCUT2D eigenvalue weighted by Crippen LogP contribution is -2.13. The highest BCUT2D eigenvalue weighted by Gasteiger charge is 2.14. The number of hydrogen-bond donors (Lipinski definition) is 1. The Bertz CT molecular complexity index is 394. The van der Waals surface area contributed by atoms with Gasteiger partial charge in [-0.3, -0.25) is 4.68 Å². The zero-order chi connectivity index (χ0) is 10.8. The van der Waals surface area contributed by atoms with Gasteiger partial charge in [-0.2, -0.15) is 5.10 Å². The van der Waals surface area contributed by atoms with Crippen LogP contribution in [0.25, 0.3) is 0 Å². The minimum Gasteiger partial charge on any atom is -0.463 e. The summed E-state index contributed by atoms with van der Waals surface area (Å²) in [5.41, 5.74) is 3.11. The van der Waals surface area contributed by atoms with E-state index in [0.717, 1.165) is 30.2 Å². The number of hydrogen-bond acceptors (Lipinski definition) is 4. The molecule has 0 spiro atoms. The third kappa shape index (κ3) is 1.82. The third-order valence-corrected chi connectivity index (χ3v) is 2.50. The van der Waals surface area contributed by atoms with Crippen LogP contribution >= 0.6 is 0 Å². The van der Waals surface area contributed by atoms with Crippen LogP contribution in [0.2, 0.25) is 0 Å². The molecule has 1 aromatic heterocycles. The van der Waals surface area contributed by atoms with Crippen molar-refractivity contribution in [3.05, 3.63) is 11.4 Å². The highest BCUT2D eigenvalue weighted by molar-refractivity contribution is 5.91. The smallest absolute Gasteiger partial charge is 0.289 e. The molecular formula is C10H16N4O. The van der Waals surface area contributed by atoms with E-state index in [1.165, 1.54) is 0 Å². The summed E-state index contributed by atoms with van der Waals surface area (Å²) in [5, 5.41) is 7.59. The Balaban J connectivity index is 2.23. The fourth-order valence-corrected chi connectivity index (χ4v) is 1.70. The molecule has 15 heavy (non-hydrogen) atoms. The van der Waals surface area contributed by atoms with Crippen LogP contribution in [0.3, 0.4) is 0 Å². The van der Waals surface area contributed by atoms with Crippen LogP contribution in [0.15, 0.2) is 4.99 Å². The lowest BCUT2D eigenvalue weighted by molar-refractivity contribution is 0.346. The topological polar surface area (TPSA) is 51.4 Å². The number of nitrogens with one attached hydrogen (secondary N) is 1. The standard InChI is InChI=1S/C10H16N4O/c1-4-14-8(3)9(7(2)13-14)12-10-11-5-6-15-10/h4-6H2,1-3H3,(H,11,12). The van der Waals surface area contributed by atoms with Crippen LogP contribution < -0.4 is 5.32 Å². The van der Waals surface area contributed by atoms with Gasteiger partial charge in [0, 0.05) is 6.54 Å². The predicted octanol–water partition coefficient (Wildman–Crippen LogP) is 1.32. The molecule has 0 aromatic carbocycles. The van der Waals surface area contributed by atoms with Crippen molar-refractivity contribution in [2.45, 2.75) is 27.3 Å². The molecule has 0 amide bonds. The van der Waals surface area contributed by atoms with E-state index in [9.17, 15) is 0 Å². The molecular weight excluding hydrogens is 192 g/mol. The van der Waals surface area contributed by atoms with Crippen molar-refractivity contribution >= 4 is 11.7 Å². The molecule has 1 N–H and O–H groups in total. The molecule has 1 aliphatic heterocycles. The van der Waals surface area contributed by atoms with E-state index < -0.39 is 0 Å². The van der Waals surface area contributed by atoms with Crippen molar-refractivity contribution in [2.75, 3.05) is 18.5 Å². The minimum atomic E-state index is 0.608. The number of ether oxygens (including phenoxy) is 1. The molecule has 0 radical (unpaired) electrons. The fraction of sp³-hybridized carbons (Fsp3) is 0.600. The molecule has 82 valence electrons. The maximum absolute atomic E-state index is 5.31. The number of aryl methyl sites for hydroxylation is 2. The number of rotatable bonds is 2. The van der Waals surface area contributed by atoms with Crippen molar-refractivity contribution in [1.82, 2.24) is 9.78 Å². The van der Waals surface area contributed by atoms with Gasteiger partial charge in [0.05, 0.1) is 23.6 Å². The Morgan fingerprint density at radius 1 is 1.47 bits per heavy atom.